The third kappa shape index (κ3) is 1.74. The summed E-state index contributed by atoms with van der Waals surface area (Å²) in [6.07, 6.45) is -5.36. The van der Waals surface area contributed by atoms with E-state index in [0.717, 1.165) is 0 Å². The standard InChI is InChI=1S/C8H10F2N4O4/c9-5-4(16)3(1-15)18-8(5,10)14-2-12-6(11)13-7(14)17/h2-5,15-16H,1H2,(H2,11,13,17)/t3-,4-,5-,8+/m1/s1. The van der Waals surface area contributed by atoms with E-state index < -0.39 is 42.6 Å². The molecule has 0 amide bonds. The van der Waals surface area contributed by atoms with Gasteiger partial charge in [-0.3, -0.25) is 0 Å². The first-order chi connectivity index (χ1) is 8.40. The number of aliphatic hydroxyl groups is 2. The molecule has 0 bridgehead atoms. The summed E-state index contributed by atoms with van der Waals surface area (Å²) in [7, 11) is 0. The van der Waals surface area contributed by atoms with E-state index in [-0.39, 0.29) is 4.57 Å². The van der Waals surface area contributed by atoms with Gasteiger partial charge in [0.25, 0.3) is 0 Å². The molecule has 4 atom stereocenters. The molecular weight excluding hydrogens is 254 g/mol. The van der Waals surface area contributed by atoms with Crippen molar-refractivity contribution >= 4 is 5.95 Å². The molecule has 0 aromatic carbocycles. The van der Waals surface area contributed by atoms with Crippen LogP contribution in [0, 0.1) is 0 Å². The van der Waals surface area contributed by atoms with E-state index in [1.807, 2.05) is 0 Å². The van der Waals surface area contributed by atoms with Crippen LogP contribution < -0.4 is 11.4 Å². The summed E-state index contributed by atoms with van der Waals surface area (Å²) < 4.78 is 32.6. The minimum absolute atomic E-state index is 0.132. The Morgan fingerprint density at radius 1 is 1.67 bits per heavy atom. The summed E-state index contributed by atoms with van der Waals surface area (Å²) in [5.41, 5.74) is 3.88. The lowest BCUT2D eigenvalue weighted by Crippen LogP contribution is -2.45. The maximum Gasteiger partial charge on any atom is 0.356 e. The topological polar surface area (TPSA) is 123 Å². The smallest absolute Gasteiger partial charge is 0.356 e. The Morgan fingerprint density at radius 3 is 2.83 bits per heavy atom. The number of hydrogen-bond donors (Lipinski definition) is 3. The van der Waals surface area contributed by atoms with Crippen molar-refractivity contribution < 1.29 is 23.7 Å². The van der Waals surface area contributed by atoms with Gasteiger partial charge in [0.2, 0.25) is 12.1 Å². The van der Waals surface area contributed by atoms with Gasteiger partial charge < -0.3 is 20.7 Å². The molecular formula is C8H10F2N4O4. The van der Waals surface area contributed by atoms with Crippen LogP contribution in [0.3, 0.4) is 0 Å². The number of hydrogen-bond acceptors (Lipinski definition) is 7. The van der Waals surface area contributed by atoms with Crippen LogP contribution in [0.5, 0.6) is 0 Å². The van der Waals surface area contributed by atoms with Crippen molar-refractivity contribution in [3.05, 3.63) is 16.8 Å². The summed E-state index contributed by atoms with van der Waals surface area (Å²) in [6.45, 7) is -0.808. The molecule has 0 spiro atoms. The zero-order valence-electron chi connectivity index (χ0n) is 8.90. The first kappa shape index (κ1) is 12.8. The van der Waals surface area contributed by atoms with Crippen LogP contribution in [0.4, 0.5) is 14.7 Å². The Balaban J connectivity index is 2.46. The molecule has 1 fully saturated rings. The molecule has 8 nitrogen and oxygen atoms in total. The molecule has 2 rings (SSSR count). The largest absolute Gasteiger partial charge is 0.394 e. The van der Waals surface area contributed by atoms with Crippen molar-refractivity contribution in [2.24, 2.45) is 0 Å². The Hall–Kier alpha value is -1.65. The lowest BCUT2D eigenvalue weighted by atomic mass is 10.1. The second-order valence-electron chi connectivity index (χ2n) is 3.71. The zero-order valence-corrected chi connectivity index (χ0v) is 8.90. The van der Waals surface area contributed by atoms with E-state index in [2.05, 4.69) is 14.7 Å². The number of aliphatic hydroxyl groups excluding tert-OH is 2. The monoisotopic (exact) mass is 264 g/mol. The van der Waals surface area contributed by atoms with Gasteiger partial charge in [-0.2, -0.15) is 9.37 Å². The highest BCUT2D eigenvalue weighted by molar-refractivity contribution is 5.10. The van der Waals surface area contributed by atoms with Crippen molar-refractivity contribution in [3.8, 4) is 0 Å². The van der Waals surface area contributed by atoms with E-state index in [9.17, 15) is 18.7 Å². The van der Waals surface area contributed by atoms with Crippen LogP contribution in [0.1, 0.15) is 0 Å². The second-order valence-corrected chi connectivity index (χ2v) is 3.71. The Kier molecular flexibility index (Phi) is 3.00. The van der Waals surface area contributed by atoms with Crippen molar-refractivity contribution in [1.29, 1.82) is 0 Å². The van der Waals surface area contributed by atoms with Crippen LogP contribution in [0.25, 0.3) is 0 Å². The summed E-state index contributed by atoms with van der Waals surface area (Å²) in [6, 6.07) is 0. The number of alkyl halides is 2. The maximum atomic E-state index is 14.3. The lowest BCUT2D eigenvalue weighted by Gasteiger charge is -2.22. The Bertz CT molecular complexity index is 512. The summed E-state index contributed by atoms with van der Waals surface area (Å²) in [5.74, 6) is -3.69. The fourth-order valence-electron chi connectivity index (χ4n) is 1.64. The molecule has 0 saturated carbocycles. The Morgan fingerprint density at radius 2 is 2.33 bits per heavy atom. The molecule has 1 saturated heterocycles. The quantitative estimate of drug-likeness (QED) is 0.558. The minimum atomic E-state index is -3.28. The van der Waals surface area contributed by atoms with Crippen LogP contribution in [0.2, 0.25) is 0 Å². The molecule has 0 unspecified atom stereocenters. The molecule has 2 heterocycles. The summed E-state index contributed by atoms with van der Waals surface area (Å²) in [5, 5.41) is 18.1. The molecule has 10 heteroatoms. The van der Waals surface area contributed by atoms with Gasteiger partial charge in [0.1, 0.15) is 18.5 Å². The number of halogens is 2. The highest BCUT2D eigenvalue weighted by Crippen LogP contribution is 2.37. The molecule has 1 aromatic rings. The first-order valence-corrected chi connectivity index (χ1v) is 4.91. The van der Waals surface area contributed by atoms with Gasteiger partial charge >= 0.3 is 11.7 Å². The number of nitrogens with zero attached hydrogens (tertiary/aromatic N) is 3. The number of nitrogen functional groups attached to an aromatic ring is 1. The number of rotatable bonds is 2. The fourth-order valence-corrected chi connectivity index (χ4v) is 1.64. The first-order valence-electron chi connectivity index (χ1n) is 4.91. The average molecular weight is 264 g/mol. The van der Waals surface area contributed by atoms with Crippen molar-refractivity contribution in [3.63, 3.8) is 0 Å². The molecule has 4 N–H and O–H groups in total. The van der Waals surface area contributed by atoms with Crippen molar-refractivity contribution in [2.75, 3.05) is 12.3 Å². The van der Waals surface area contributed by atoms with Gasteiger partial charge in [0, 0.05) is 0 Å². The van der Waals surface area contributed by atoms with Gasteiger partial charge in [-0.05, 0) is 0 Å². The zero-order chi connectivity index (χ0) is 13.5. The van der Waals surface area contributed by atoms with Gasteiger partial charge in [0.15, 0.2) is 0 Å². The molecule has 18 heavy (non-hydrogen) atoms. The van der Waals surface area contributed by atoms with Gasteiger partial charge in [-0.1, -0.05) is 0 Å². The highest BCUT2D eigenvalue weighted by Gasteiger charge is 2.58. The second kappa shape index (κ2) is 4.23. The van der Waals surface area contributed by atoms with Gasteiger partial charge in [0.05, 0.1) is 6.61 Å². The third-order valence-electron chi connectivity index (χ3n) is 2.57. The highest BCUT2D eigenvalue weighted by atomic mass is 19.2. The maximum absolute atomic E-state index is 14.3. The third-order valence-corrected chi connectivity index (χ3v) is 2.57. The van der Waals surface area contributed by atoms with Crippen LogP contribution in [-0.2, 0) is 10.7 Å². The molecule has 1 aliphatic rings. The Labute approximate surface area is 98.7 Å². The normalized spacial score (nSPS) is 35.9. The SMILES string of the molecule is Nc1ncn([C@]2(F)O[C@H](CO)[C@@H](O)[C@H]2F)c(=O)n1. The molecule has 0 aliphatic carbocycles. The van der Waals surface area contributed by atoms with Crippen molar-refractivity contribution in [1.82, 2.24) is 14.5 Å². The van der Waals surface area contributed by atoms with E-state index in [1.54, 1.807) is 0 Å². The number of aromatic nitrogens is 3. The molecule has 1 aliphatic heterocycles. The van der Waals surface area contributed by atoms with Crippen LogP contribution >= 0.6 is 0 Å². The summed E-state index contributed by atoms with van der Waals surface area (Å²) >= 11 is 0. The van der Waals surface area contributed by atoms with Crippen LogP contribution in [-0.4, -0.2) is 49.7 Å². The van der Waals surface area contributed by atoms with E-state index in [0.29, 0.717) is 6.33 Å². The predicted octanol–water partition coefficient (Wildman–Crippen LogP) is -2.11. The molecule has 1 aromatic heterocycles. The van der Waals surface area contributed by atoms with Gasteiger partial charge in [-0.25, -0.2) is 18.7 Å². The average Bonchev–Trinajstić information content (AvgIpc) is 2.54. The number of nitrogens with two attached hydrogens (primary N) is 1. The van der Waals surface area contributed by atoms with Gasteiger partial charge in [-0.15, -0.1) is 0 Å². The summed E-state index contributed by atoms with van der Waals surface area (Å²) in [4.78, 5) is 17.8. The minimum Gasteiger partial charge on any atom is -0.394 e. The van der Waals surface area contributed by atoms with Crippen molar-refractivity contribution in [2.45, 2.75) is 24.4 Å². The van der Waals surface area contributed by atoms with E-state index in [4.69, 9.17) is 10.8 Å². The predicted molar refractivity (Wildman–Crippen MR) is 52.6 cm³/mol. The number of anilines is 1. The van der Waals surface area contributed by atoms with E-state index >= 15 is 0 Å². The molecule has 100 valence electrons. The van der Waals surface area contributed by atoms with Crippen LogP contribution in [0.15, 0.2) is 11.1 Å². The fraction of sp³-hybridized carbons (Fsp3) is 0.625. The van der Waals surface area contributed by atoms with E-state index in [1.165, 1.54) is 0 Å². The molecule has 0 radical (unpaired) electrons. The number of ether oxygens (including phenoxy) is 1. The lowest BCUT2D eigenvalue weighted by molar-refractivity contribution is -0.227.